The molecule has 1 N–H and O–H groups in total. The first kappa shape index (κ1) is 13.8. The van der Waals surface area contributed by atoms with Crippen LogP contribution in [0.5, 0.6) is 5.75 Å². The molecule has 0 saturated heterocycles. The number of rotatable bonds is 4. The van der Waals surface area contributed by atoms with Crippen molar-refractivity contribution >= 4 is 18.0 Å². The maximum absolute atomic E-state index is 11.5. The van der Waals surface area contributed by atoms with Gasteiger partial charge in [0.25, 0.3) is 0 Å². The second-order valence-corrected chi connectivity index (χ2v) is 3.47. The van der Waals surface area contributed by atoms with Crippen molar-refractivity contribution in [2.45, 2.75) is 6.92 Å². The van der Waals surface area contributed by atoms with Crippen LogP contribution in [0.3, 0.4) is 0 Å². The van der Waals surface area contributed by atoms with Crippen LogP contribution >= 0.6 is 0 Å². The van der Waals surface area contributed by atoms with Gasteiger partial charge in [-0.3, -0.25) is 4.79 Å². The molecule has 0 radical (unpaired) electrons. The van der Waals surface area contributed by atoms with Crippen molar-refractivity contribution in [2.75, 3.05) is 14.2 Å². The predicted octanol–water partition coefficient (Wildman–Crippen LogP) is 1.35. The number of ether oxygens (including phenoxy) is 2. The SMILES string of the molecule is COC(=O)/C(=C/c1ccccc1OC)NC(C)=O. The van der Waals surface area contributed by atoms with Crippen LogP contribution in [-0.4, -0.2) is 26.1 Å². The minimum absolute atomic E-state index is 0.0644. The molecular formula is C13H15NO4. The van der Waals surface area contributed by atoms with Crippen molar-refractivity contribution in [1.29, 1.82) is 0 Å². The normalized spacial score (nSPS) is 10.7. The van der Waals surface area contributed by atoms with Gasteiger partial charge in [0.1, 0.15) is 11.4 Å². The first-order valence-corrected chi connectivity index (χ1v) is 5.29. The van der Waals surface area contributed by atoms with Gasteiger partial charge in [-0.2, -0.15) is 0 Å². The Labute approximate surface area is 105 Å². The molecule has 1 amide bonds. The van der Waals surface area contributed by atoms with E-state index in [0.717, 1.165) is 0 Å². The van der Waals surface area contributed by atoms with Crippen molar-refractivity contribution in [3.8, 4) is 5.75 Å². The number of amides is 1. The first-order chi connectivity index (χ1) is 8.58. The highest BCUT2D eigenvalue weighted by molar-refractivity contribution is 5.97. The van der Waals surface area contributed by atoms with Gasteiger partial charge in [-0.15, -0.1) is 0 Å². The molecule has 5 nitrogen and oxygen atoms in total. The van der Waals surface area contributed by atoms with Crippen molar-refractivity contribution in [3.63, 3.8) is 0 Å². The van der Waals surface area contributed by atoms with E-state index in [1.54, 1.807) is 18.2 Å². The van der Waals surface area contributed by atoms with Gasteiger partial charge in [0.15, 0.2) is 0 Å². The molecule has 0 bridgehead atoms. The van der Waals surface area contributed by atoms with Crippen LogP contribution in [0, 0.1) is 0 Å². The van der Waals surface area contributed by atoms with Crippen LogP contribution in [0.2, 0.25) is 0 Å². The average molecular weight is 249 g/mol. The van der Waals surface area contributed by atoms with E-state index >= 15 is 0 Å². The zero-order valence-corrected chi connectivity index (χ0v) is 10.5. The standard InChI is InChI=1S/C13H15NO4/c1-9(15)14-11(13(16)18-3)8-10-6-4-5-7-12(10)17-2/h4-8H,1-3H3,(H,14,15)/b11-8-. The predicted molar refractivity (Wildman–Crippen MR) is 66.8 cm³/mol. The van der Waals surface area contributed by atoms with Crippen LogP contribution in [0.1, 0.15) is 12.5 Å². The first-order valence-electron chi connectivity index (χ1n) is 5.29. The third-order valence-corrected chi connectivity index (χ3v) is 2.15. The van der Waals surface area contributed by atoms with Gasteiger partial charge in [0, 0.05) is 12.5 Å². The van der Waals surface area contributed by atoms with E-state index in [9.17, 15) is 9.59 Å². The molecule has 0 aliphatic rings. The lowest BCUT2D eigenvalue weighted by Crippen LogP contribution is -2.25. The molecule has 0 aliphatic heterocycles. The van der Waals surface area contributed by atoms with Gasteiger partial charge in [-0.25, -0.2) is 4.79 Å². The van der Waals surface area contributed by atoms with Crippen LogP contribution in [0.15, 0.2) is 30.0 Å². The van der Waals surface area contributed by atoms with E-state index in [1.807, 2.05) is 6.07 Å². The highest BCUT2D eigenvalue weighted by Crippen LogP contribution is 2.20. The maximum Gasteiger partial charge on any atom is 0.354 e. The molecule has 96 valence electrons. The number of carbonyl (C=O) groups excluding carboxylic acids is 2. The molecule has 0 atom stereocenters. The largest absolute Gasteiger partial charge is 0.496 e. The maximum atomic E-state index is 11.5. The second-order valence-electron chi connectivity index (χ2n) is 3.47. The van der Waals surface area contributed by atoms with Gasteiger partial charge in [-0.1, -0.05) is 18.2 Å². The van der Waals surface area contributed by atoms with Gasteiger partial charge in [-0.05, 0) is 12.1 Å². The minimum atomic E-state index is -0.615. The molecule has 18 heavy (non-hydrogen) atoms. The molecule has 0 fully saturated rings. The number of esters is 1. The quantitative estimate of drug-likeness (QED) is 0.646. The summed E-state index contributed by atoms with van der Waals surface area (Å²) in [4.78, 5) is 22.5. The third kappa shape index (κ3) is 3.62. The Balaban J connectivity index is 3.14. The smallest absolute Gasteiger partial charge is 0.354 e. The van der Waals surface area contributed by atoms with Gasteiger partial charge >= 0.3 is 5.97 Å². The molecule has 0 spiro atoms. The van der Waals surface area contributed by atoms with Crippen LogP contribution in [-0.2, 0) is 14.3 Å². The van der Waals surface area contributed by atoms with Gasteiger partial charge in [0.2, 0.25) is 5.91 Å². The van der Waals surface area contributed by atoms with Crippen LogP contribution in [0.25, 0.3) is 6.08 Å². The summed E-state index contributed by atoms with van der Waals surface area (Å²) >= 11 is 0. The zero-order chi connectivity index (χ0) is 13.5. The molecule has 0 heterocycles. The van der Waals surface area contributed by atoms with Crippen molar-refractivity contribution < 1.29 is 19.1 Å². The minimum Gasteiger partial charge on any atom is -0.496 e. The summed E-state index contributed by atoms with van der Waals surface area (Å²) in [6, 6.07) is 7.14. The third-order valence-electron chi connectivity index (χ3n) is 2.15. The number of nitrogens with one attached hydrogen (secondary N) is 1. The highest BCUT2D eigenvalue weighted by Gasteiger charge is 2.12. The van der Waals surface area contributed by atoms with E-state index in [0.29, 0.717) is 11.3 Å². The Morgan fingerprint density at radius 2 is 1.89 bits per heavy atom. The second kappa shape index (κ2) is 6.44. The van der Waals surface area contributed by atoms with E-state index in [4.69, 9.17) is 4.74 Å². The fourth-order valence-electron chi connectivity index (χ4n) is 1.39. The van der Waals surface area contributed by atoms with Crippen molar-refractivity contribution in [3.05, 3.63) is 35.5 Å². The van der Waals surface area contributed by atoms with E-state index in [2.05, 4.69) is 10.1 Å². The van der Waals surface area contributed by atoms with Crippen LogP contribution in [0.4, 0.5) is 0 Å². The fraction of sp³-hybridized carbons (Fsp3) is 0.231. The van der Waals surface area contributed by atoms with E-state index < -0.39 is 5.97 Å². The zero-order valence-electron chi connectivity index (χ0n) is 10.5. The van der Waals surface area contributed by atoms with E-state index in [1.165, 1.54) is 27.2 Å². The number of carbonyl (C=O) groups is 2. The average Bonchev–Trinajstić information content (AvgIpc) is 2.37. The Morgan fingerprint density at radius 1 is 1.22 bits per heavy atom. The molecule has 1 rings (SSSR count). The molecule has 0 unspecified atom stereocenters. The number of hydrogen-bond acceptors (Lipinski definition) is 4. The lowest BCUT2D eigenvalue weighted by molar-refractivity contribution is -0.137. The summed E-state index contributed by atoms with van der Waals surface area (Å²) in [6.07, 6.45) is 1.51. The highest BCUT2D eigenvalue weighted by atomic mass is 16.5. The van der Waals surface area contributed by atoms with Crippen molar-refractivity contribution in [2.24, 2.45) is 0 Å². The fourth-order valence-corrected chi connectivity index (χ4v) is 1.39. The molecule has 5 heteroatoms. The topological polar surface area (TPSA) is 64.6 Å². The summed E-state index contributed by atoms with van der Waals surface area (Å²) in [5.74, 6) is -0.359. The number of methoxy groups -OCH3 is 2. The lowest BCUT2D eigenvalue weighted by Gasteiger charge is -2.08. The summed E-state index contributed by atoms with van der Waals surface area (Å²) < 4.78 is 9.75. The molecule has 1 aromatic rings. The van der Waals surface area contributed by atoms with E-state index in [-0.39, 0.29) is 11.6 Å². The Bertz CT molecular complexity index is 480. The Kier molecular flexibility index (Phi) is 4.92. The monoisotopic (exact) mass is 249 g/mol. The number of benzene rings is 1. The molecule has 1 aromatic carbocycles. The van der Waals surface area contributed by atoms with Gasteiger partial charge in [0.05, 0.1) is 14.2 Å². The summed E-state index contributed by atoms with van der Waals surface area (Å²) in [7, 11) is 2.78. The number of hydrogen-bond donors (Lipinski definition) is 1. The molecular weight excluding hydrogens is 234 g/mol. The van der Waals surface area contributed by atoms with Crippen molar-refractivity contribution in [1.82, 2.24) is 5.32 Å². The summed E-state index contributed by atoms with van der Waals surface area (Å²) in [5, 5.41) is 2.42. The van der Waals surface area contributed by atoms with Crippen LogP contribution < -0.4 is 10.1 Å². The Hall–Kier alpha value is -2.30. The summed E-state index contributed by atoms with van der Waals surface area (Å²) in [6.45, 7) is 1.32. The van der Waals surface area contributed by atoms with Gasteiger partial charge < -0.3 is 14.8 Å². The molecule has 0 saturated carbocycles. The lowest BCUT2D eigenvalue weighted by atomic mass is 10.1. The molecule has 0 aromatic heterocycles. The molecule has 0 aliphatic carbocycles. The Morgan fingerprint density at radius 3 is 2.44 bits per heavy atom. The number of para-hydroxylation sites is 1. The summed E-state index contributed by atoms with van der Waals surface area (Å²) in [5.41, 5.74) is 0.739.